The Kier molecular flexibility index (Phi) is 3.07. The molecular weight excluding hydrogens is 236 g/mol. The maximum Gasteiger partial charge on any atom is 0.0242 e. The quantitative estimate of drug-likeness (QED) is 0.700. The van der Waals surface area contributed by atoms with Crippen LogP contribution in [-0.2, 0) is 0 Å². The van der Waals surface area contributed by atoms with Gasteiger partial charge in [-0.25, -0.2) is 0 Å². The third-order valence-corrected chi connectivity index (χ3v) is 3.51. The zero-order chi connectivity index (χ0) is 9.97. The fourth-order valence-electron chi connectivity index (χ4n) is 1.71. The van der Waals surface area contributed by atoms with Crippen molar-refractivity contribution in [2.75, 3.05) is 5.33 Å². The van der Waals surface area contributed by atoms with Crippen LogP contribution < -0.4 is 0 Å². The summed E-state index contributed by atoms with van der Waals surface area (Å²) in [6, 6.07) is 8.76. The first kappa shape index (κ1) is 9.97. The molecule has 1 aliphatic rings. The summed E-state index contributed by atoms with van der Waals surface area (Å²) in [5.41, 5.74) is 4.33. The molecule has 1 fully saturated rings. The van der Waals surface area contributed by atoms with Gasteiger partial charge in [-0.05, 0) is 36.8 Å². The SMILES string of the molecule is CC(=Cc1ccccc1C1CC1)CBr. The van der Waals surface area contributed by atoms with E-state index in [4.69, 9.17) is 0 Å². The van der Waals surface area contributed by atoms with E-state index in [1.54, 1.807) is 0 Å². The molecule has 0 saturated heterocycles. The summed E-state index contributed by atoms with van der Waals surface area (Å²) in [5.74, 6) is 0.838. The lowest BCUT2D eigenvalue weighted by atomic mass is 10.0. The van der Waals surface area contributed by atoms with E-state index in [0.29, 0.717) is 0 Å². The minimum absolute atomic E-state index is 0.838. The van der Waals surface area contributed by atoms with Gasteiger partial charge in [0.15, 0.2) is 0 Å². The van der Waals surface area contributed by atoms with Crippen LogP contribution >= 0.6 is 15.9 Å². The molecular formula is C13H15Br. The molecule has 0 N–H and O–H groups in total. The molecule has 0 aliphatic heterocycles. The lowest BCUT2D eigenvalue weighted by Gasteiger charge is -2.04. The standard InChI is InChI=1S/C13H15Br/c1-10(9-14)8-12-4-2-3-5-13(12)11-6-7-11/h2-5,8,11H,6-7,9H2,1H3. The number of alkyl halides is 1. The second-order valence-electron chi connectivity index (χ2n) is 4.03. The number of hydrogen-bond donors (Lipinski definition) is 0. The summed E-state index contributed by atoms with van der Waals surface area (Å²) in [5, 5.41) is 0.964. The highest BCUT2D eigenvalue weighted by Crippen LogP contribution is 2.42. The van der Waals surface area contributed by atoms with E-state index in [0.717, 1.165) is 11.2 Å². The normalized spacial score (nSPS) is 17.1. The molecule has 2 rings (SSSR count). The van der Waals surface area contributed by atoms with Crippen LogP contribution in [0.5, 0.6) is 0 Å². The summed E-state index contributed by atoms with van der Waals surface area (Å²) in [7, 11) is 0. The van der Waals surface area contributed by atoms with E-state index in [2.05, 4.69) is 53.2 Å². The van der Waals surface area contributed by atoms with Gasteiger partial charge in [-0.3, -0.25) is 0 Å². The summed E-state index contributed by atoms with van der Waals surface area (Å²) < 4.78 is 0. The average molecular weight is 251 g/mol. The van der Waals surface area contributed by atoms with Crippen LogP contribution in [0.15, 0.2) is 29.8 Å². The minimum atomic E-state index is 0.838. The zero-order valence-electron chi connectivity index (χ0n) is 8.46. The molecule has 1 aromatic carbocycles. The molecule has 0 amide bonds. The Morgan fingerprint density at radius 3 is 2.79 bits per heavy atom. The Labute approximate surface area is 94.2 Å². The van der Waals surface area contributed by atoms with E-state index in [-0.39, 0.29) is 0 Å². The van der Waals surface area contributed by atoms with Crippen molar-refractivity contribution in [3.05, 3.63) is 41.0 Å². The Bertz CT molecular complexity index is 348. The van der Waals surface area contributed by atoms with Gasteiger partial charge in [0.1, 0.15) is 0 Å². The van der Waals surface area contributed by atoms with Gasteiger partial charge in [0.2, 0.25) is 0 Å². The van der Waals surface area contributed by atoms with E-state index < -0.39 is 0 Å². The van der Waals surface area contributed by atoms with Gasteiger partial charge in [-0.1, -0.05) is 51.8 Å². The lowest BCUT2D eigenvalue weighted by Crippen LogP contribution is -1.86. The molecule has 1 aliphatic carbocycles. The molecule has 1 saturated carbocycles. The van der Waals surface area contributed by atoms with Gasteiger partial charge in [0.25, 0.3) is 0 Å². The number of halogens is 1. The van der Waals surface area contributed by atoms with Crippen molar-refractivity contribution in [1.29, 1.82) is 0 Å². The van der Waals surface area contributed by atoms with Crippen molar-refractivity contribution in [2.24, 2.45) is 0 Å². The first-order valence-electron chi connectivity index (χ1n) is 5.13. The fourth-order valence-corrected chi connectivity index (χ4v) is 1.87. The molecule has 0 aromatic heterocycles. The van der Waals surface area contributed by atoms with Crippen molar-refractivity contribution in [2.45, 2.75) is 25.7 Å². The maximum absolute atomic E-state index is 3.48. The van der Waals surface area contributed by atoms with Gasteiger partial charge in [-0.15, -0.1) is 0 Å². The summed E-state index contributed by atoms with van der Waals surface area (Å²) in [6.45, 7) is 2.17. The van der Waals surface area contributed by atoms with Gasteiger partial charge in [0, 0.05) is 5.33 Å². The predicted octanol–water partition coefficient (Wildman–Crippen LogP) is 4.36. The predicted molar refractivity (Wildman–Crippen MR) is 65.9 cm³/mol. The van der Waals surface area contributed by atoms with Crippen LogP contribution in [0, 0.1) is 0 Å². The number of benzene rings is 1. The van der Waals surface area contributed by atoms with Crippen molar-refractivity contribution >= 4 is 22.0 Å². The molecule has 0 radical (unpaired) electrons. The first-order chi connectivity index (χ1) is 6.81. The van der Waals surface area contributed by atoms with Crippen LogP contribution in [0.1, 0.15) is 36.8 Å². The Hall–Kier alpha value is -0.560. The van der Waals surface area contributed by atoms with Crippen molar-refractivity contribution in [1.82, 2.24) is 0 Å². The lowest BCUT2D eigenvalue weighted by molar-refractivity contribution is 1.12. The topological polar surface area (TPSA) is 0 Å². The van der Waals surface area contributed by atoms with Crippen LogP contribution in [0.4, 0.5) is 0 Å². The first-order valence-corrected chi connectivity index (χ1v) is 6.25. The van der Waals surface area contributed by atoms with Gasteiger partial charge in [0.05, 0.1) is 0 Å². The summed E-state index contributed by atoms with van der Waals surface area (Å²) >= 11 is 3.48. The maximum atomic E-state index is 3.48. The molecule has 0 atom stereocenters. The second-order valence-corrected chi connectivity index (χ2v) is 4.59. The smallest absolute Gasteiger partial charge is 0.0242 e. The Morgan fingerprint density at radius 2 is 2.14 bits per heavy atom. The number of hydrogen-bond acceptors (Lipinski definition) is 0. The molecule has 0 spiro atoms. The summed E-state index contributed by atoms with van der Waals surface area (Å²) in [4.78, 5) is 0. The van der Waals surface area contributed by atoms with Gasteiger partial charge in [-0.2, -0.15) is 0 Å². The third kappa shape index (κ3) is 2.27. The molecule has 14 heavy (non-hydrogen) atoms. The Balaban J connectivity index is 2.31. The highest BCUT2D eigenvalue weighted by molar-refractivity contribution is 9.09. The molecule has 74 valence electrons. The van der Waals surface area contributed by atoms with E-state index in [1.807, 2.05) is 0 Å². The zero-order valence-corrected chi connectivity index (χ0v) is 10.0. The Morgan fingerprint density at radius 1 is 1.43 bits per heavy atom. The number of allylic oxidation sites excluding steroid dienone is 1. The molecule has 0 nitrogen and oxygen atoms in total. The van der Waals surface area contributed by atoms with Gasteiger partial charge >= 0.3 is 0 Å². The van der Waals surface area contributed by atoms with E-state index in [9.17, 15) is 0 Å². The van der Waals surface area contributed by atoms with Crippen LogP contribution in [0.25, 0.3) is 6.08 Å². The minimum Gasteiger partial charge on any atom is -0.0880 e. The fraction of sp³-hybridized carbons (Fsp3) is 0.385. The van der Waals surface area contributed by atoms with Crippen molar-refractivity contribution in [3.8, 4) is 0 Å². The van der Waals surface area contributed by atoms with Gasteiger partial charge < -0.3 is 0 Å². The van der Waals surface area contributed by atoms with E-state index in [1.165, 1.54) is 29.5 Å². The number of rotatable bonds is 3. The van der Waals surface area contributed by atoms with Crippen LogP contribution in [-0.4, -0.2) is 5.33 Å². The highest BCUT2D eigenvalue weighted by atomic mass is 79.9. The monoisotopic (exact) mass is 250 g/mol. The summed E-state index contributed by atoms with van der Waals surface area (Å²) in [6.07, 6.45) is 5.04. The van der Waals surface area contributed by atoms with Crippen LogP contribution in [0.2, 0.25) is 0 Å². The van der Waals surface area contributed by atoms with Crippen molar-refractivity contribution < 1.29 is 0 Å². The largest absolute Gasteiger partial charge is 0.0880 e. The van der Waals surface area contributed by atoms with Crippen molar-refractivity contribution in [3.63, 3.8) is 0 Å². The molecule has 0 unspecified atom stereocenters. The highest BCUT2D eigenvalue weighted by Gasteiger charge is 2.24. The third-order valence-electron chi connectivity index (χ3n) is 2.63. The second kappa shape index (κ2) is 4.31. The molecule has 0 bridgehead atoms. The van der Waals surface area contributed by atoms with Crippen LogP contribution in [0.3, 0.4) is 0 Å². The van der Waals surface area contributed by atoms with E-state index >= 15 is 0 Å². The molecule has 1 aromatic rings. The molecule has 1 heteroatoms. The molecule has 0 heterocycles. The average Bonchev–Trinajstić information content (AvgIpc) is 3.02.